The van der Waals surface area contributed by atoms with Crippen molar-refractivity contribution < 1.29 is 4.79 Å². The summed E-state index contributed by atoms with van der Waals surface area (Å²) in [6.45, 7) is 1.61. The number of likely N-dealkylation sites (tertiary alicyclic amines) is 1. The monoisotopic (exact) mass is 349 g/mol. The number of hydrogen-bond acceptors (Lipinski definition) is 6. The first-order chi connectivity index (χ1) is 11.2. The van der Waals surface area contributed by atoms with Gasteiger partial charge in [0.2, 0.25) is 5.13 Å². The molecule has 2 aliphatic heterocycles. The van der Waals surface area contributed by atoms with Crippen LogP contribution in [0.1, 0.15) is 19.3 Å². The maximum atomic E-state index is 12.5. The maximum absolute atomic E-state index is 12.5. The molecule has 2 bridgehead atoms. The third kappa shape index (κ3) is 2.98. The van der Waals surface area contributed by atoms with Crippen LogP contribution in [0, 0.1) is 0 Å². The van der Waals surface area contributed by atoms with E-state index in [4.69, 9.17) is 0 Å². The van der Waals surface area contributed by atoms with E-state index in [2.05, 4.69) is 27.5 Å². The Hall–Kier alpha value is -1.51. The Kier molecular flexibility index (Phi) is 4.04. The lowest BCUT2D eigenvalue weighted by atomic mass is 10.1. The molecule has 122 valence electrons. The summed E-state index contributed by atoms with van der Waals surface area (Å²) in [4.78, 5) is 16.9. The summed E-state index contributed by atoms with van der Waals surface area (Å²) in [5.74, 6) is 0. The number of rotatable bonds is 2. The van der Waals surface area contributed by atoms with E-state index in [0.717, 1.165) is 30.1 Å². The fourth-order valence-electron chi connectivity index (χ4n) is 3.44. The minimum atomic E-state index is -0.0565. The second-order valence-electron chi connectivity index (χ2n) is 6.14. The fraction of sp³-hybridized carbons (Fsp3) is 0.533. The van der Waals surface area contributed by atoms with Crippen molar-refractivity contribution in [3.63, 3.8) is 0 Å². The SMILES string of the molecule is CN1C2CCC1CN(C(=O)Nc1nnc(-c3ccsc3)s1)CC2. The second-order valence-corrected chi connectivity index (χ2v) is 7.90. The third-order valence-corrected chi connectivity index (χ3v) is 6.41. The standard InChI is InChI=1S/C15H19N5OS2/c1-19-11-2-3-12(19)8-20(6-4-11)15(21)16-14-18-17-13(23-14)10-5-7-22-9-10/h5,7,9,11-12H,2-4,6,8H2,1H3,(H,16,18,21). The predicted octanol–water partition coefficient (Wildman–Crippen LogP) is 2.97. The number of aromatic nitrogens is 2. The number of urea groups is 1. The molecule has 0 saturated carbocycles. The highest BCUT2D eigenvalue weighted by Gasteiger charge is 2.36. The van der Waals surface area contributed by atoms with Crippen molar-refractivity contribution >= 4 is 33.8 Å². The minimum Gasteiger partial charge on any atom is -0.323 e. The van der Waals surface area contributed by atoms with Crippen molar-refractivity contribution in [2.45, 2.75) is 31.3 Å². The summed E-state index contributed by atoms with van der Waals surface area (Å²) >= 11 is 3.05. The molecule has 2 unspecified atom stereocenters. The first-order valence-corrected chi connectivity index (χ1v) is 9.60. The topological polar surface area (TPSA) is 61.4 Å². The van der Waals surface area contributed by atoms with Crippen molar-refractivity contribution in [2.24, 2.45) is 0 Å². The highest BCUT2D eigenvalue weighted by Crippen LogP contribution is 2.30. The van der Waals surface area contributed by atoms with Crippen LogP contribution in [-0.4, -0.2) is 58.2 Å². The largest absolute Gasteiger partial charge is 0.323 e. The van der Waals surface area contributed by atoms with Crippen LogP contribution in [0.3, 0.4) is 0 Å². The predicted molar refractivity (Wildman–Crippen MR) is 93.0 cm³/mol. The zero-order chi connectivity index (χ0) is 15.8. The molecule has 23 heavy (non-hydrogen) atoms. The molecule has 2 saturated heterocycles. The Morgan fingerprint density at radius 3 is 3.00 bits per heavy atom. The van der Waals surface area contributed by atoms with E-state index in [9.17, 15) is 4.79 Å². The second kappa shape index (κ2) is 6.18. The number of thiophene rings is 1. The Bertz CT molecular complexity index is 686. The molecule has 6 nitrogen and oxygen atoms in total. The summed E-state index contributed by atoms with van der Waals surface area (Å²) in [5, 5.41) is 16.6. The lowest BCUT2D eigenvalue weighted by Gasteiger charge is -2.25. The maximum Gasteiger partial charge on any atom is 0.323 e. The summed E-state index contributed by atoms with van der Waals surface area (Å²) in [6, 6.07) is 3.07. The molecule has 2 aliphatic rings. The van der Waals surface area contributed by atoms with E-state index >= 15 is 0 Å². The highest BCUT2D eigenvalue weighted by molar-refractivity contribution is 7.19. The van der Waals surface area contributed by atoms with Gasteiger partial charge in [-0.2, -0.15) is 11.3 Å². The van der Waals surface area contributed by atoms with Gasteiger partial charge < -0.3 is 4.90 Å². The van der Waals surface area contributed by atoms with Gasteiger partial charge in [-0.3, -0.25) is 10.2 Å². The van der Waals surface area contributed by atoms with Gasteiger partial charge >= 0.3 is 6.03 Å². The van der Waals surface area contributed by atoms with Crippen LogP contribution >= 0.6 is 22.7 Å². The molecule has 4 rings (SSSR count). The zero-order valence-electron chi connectivity index (χ0n) is 12.9. The molecule has 0 aromatic carbocycles. The van der Waals surface area contributed by atoms with E-state index in [1.54, 1.807) is 11.3 Å². The Labute approximate surface area is 143 Å². The molecule has 0 radical (unpaired) electrons. The van der Waals surface area contributed by atoms with Gasteiger partial charge in [0.1, 0.15) is 5.01 Å². The van der Waals surface area contributed by atoms with Crippen molar-refractivity contribution in [3.8, 4) is 10.6 Å². The molecule has 2 aromatic heterocycles. The lowest BCUT2D eigenvalue weighted by Crippen LogP contribution is -2.41. The van der Waals surface area contributed by atoms with Crippen LogP contribution in [0.5, 0.6) is 0 Å². The van der Waals surface area contributed by atoms with Crippen LogP contribution in [0.2, 0.25) is 0 Å². The average Bonchev–Trinajstić information content (AvgIpc) is 3.21. The molecule has 2 aromatic rings. The van der Waals surface area contributed by atoms with Crippen LogP contribution in [0.25, 0.3) is 10.6 Å². The quantitative estimate of drug-likeness (QED) is 0.905. The molecule has 4 heterocycles. The van der Waals surface area contributed by atoms with Gasteiger partial charge in [0, 0.05) is 36.1 Å². The fourth-order valence-corrected chi connectivity index (χ4v) is 4.89. The van der Waals surface area contributed by atoms with Crippen molar-refractivity contribution in [1.29, 1.82) is 0 Å². The number of nitrogens with one attached hydrogen (secondary N) is 1. The van der Waals surface area contributed by atoms with E-state index in [1.807, 2.05) is 21.7 Å². The van der Waals surface area contributed by atoms with Gasteiger partial charge in [0.15, 0.2) is 0 Å². The lowest BCUT2D eigenvalue weighted by molar-refractivity contribution is 0.200. The first kappa shape index (κ1) is 15.0. The number of carbonyl (C=O) groups excluding carboxylic acids is 1. The first-order valence-electron chi connectivity index (χ1n) is 7.84. The molecule has 2 fully saturated rings. The molecular weight excluding hydrogens is 330 g/mol. The summed E-state index contributed by atoms with van der Waals surface area (Å²) in [6.07, 6.45) is 3.50. The molecule has 2 amide bonds. The van der Waals surface area contributed by atoms with Gasteiger partial charge in [-0.05, 0) is 37.8 Å². The van der Waals surface area contributed by atoms with E-state index in [0.29, 0.717) is 17.2 Å². The third-order valence-electron chi connectivity index (χ3n) is 4.84. The highest BCUT2D eigenvalue weighted by atomic mass is 32.1. The van der Waals surface area contributed by atoms with Crippen LogP contribution < -0.4 is 5.32 Å². The van der Waals surface area contributed by atoms with Crippen LogP contribution in [0.15, 0.2) is 16.8 Å². The smallest absolute Gasteiger partial charge is 0.323 e. The zero-order valence-corrected chi connectivity index (χ0v) is 14.6. The number of amides is 2. The number of carbonyl (C=O) groups is 1. The van der Waals surface area contributed by atoms with Gasteiger partial charge in [-0.15, -0.1) is 10.2 Å². The summed E-state index contributed by atoms with van der Waals surface area (Å²) in [7, 11) is 2.18. The number of anilines is 1. The summed E-state index contributed by atoms with van der Waals surface area (Å²) in [5.41, 5.74) is 1.06. The summed E-state index contributed by atoms with van der Waals surface area (Å²) < 4.78 is 0. The molecule has 2 atom stereocenters. The number of likely N-dealkylation sites (N-methyl/N-ethyl adjacent to an activating group) is 1. The molecule has 8 heteroatoms. The van der Waals surface area contributed by atoms with Crippen molar-refractivity contribution in [3.05, 3.63) is 16.8 Å². The molecule has 1 N–H and O–H groups in total. The van der Waals surface area contributed by atoms with Crippen LogP contribution in [0.4, 0.5) is 9.93 Å². The number of hydrogen-bond donors (Lipinski definition) is 1. The Morgan fingerprint density at radius 1 is 1.30 bits per heavy atom. The molecular formula is C15H19N5OS2. The Morgan fingerprint density at radius 2 is 2.17 bits per heavy atom. The van der Waals surface area contributed by atoms with Crippen LogP contribution in [-0.2, 0) is 0 Å². The van der Waals surface area contributed by atoms with Crippen molar-refractivity contribution in [1.82, 2.24) is 20.0 Å². The van der Waals surface area contributed by atoms with Gasteiger partial charge in [-0.25, -0.2) is 4.79 Å². The van der Waals surface area contributed by atoms with E-state index in [1.165, 1.54) is 24.2 Å². The number of nitrogens with zero attached hydrogens (tertiary/aromatic N) is 4. The minimum absolute atomic E-state index is 0.0565. The van der Waals surface area contributed by atoms with Gasteiger partial charge in [0.25, 0.3) is 0 Å². The van der Waals surface area contributed by atoms with E-state index in [-0.39, 0.29) is 6.03 Å². The number of fused-ring (bicyclic) bond motifs is 2. The molecule has 0 spiro atoms. The van der Waals surface area contributed by atoms with E-state index < -0.39 is 0 Å². The normalized spacial score (nSPS) is 24.7. The van der Waals surface area contributed by atoms with Gasteiger partial charge in [0.05, 0.1) is 0 Å². The van der Waals surface area contributed by atoms with Crippen molar-refractivity contribution in [2.75, 3.05) is 25.5 Å². The Balaban J connectivity index is 1.42. The van der Waals surface area contributed by atoms with Gasteiger partial charge in [-0.1, -0.05) is 11.3 Å². The average molecular weight is 349 g/mol. The molecule has 0 aliphatic carbocycles.